The van der Waals surface area contributed by atoms with Crippen LogP contribution in [-0.2, 0) is 0 Å². The Hall–Kier alpha value is -1.54. The Labute approximate surface area is 115 Å². The van der Waals surface area contributed by atoms with Gasteiger partial charge in [0, 0.05) is 17.0 Å². The molecule has 0 saturated carbocycles. The first kappa shape index (κ1) is 13.9. The summed E-state index contributed by atoms with van der Waals surface area (Å²) in [5.41, 5.74) is 1.01. The van der Waals surface area contributed by atoms with Gasteiger partial charge in [-0.15, -0.1) is 0 Å². The van der Waals surface area contributed by atoms with Gasteiger partial charge in [0.2, 0.25) is 0 Å². The molecule has 2 heteroatoms. The number of hydrogen-bond acceptors (Lipinski definition) is 2. The summed E-state index contributed by atoms with van der Waals surface area (Å²) in [5.74, 6) is 0.425. The van der Waals surface area contributed by atoms with Gasteiger partial charge >= 0.3 is 0 Å². The van der Waals surface area contributed by atoms with Crippen molar-refractivity contribution in [1.82, 2.24) is 4.90 Å². The van der Waals surface area contributed by atoms with Crippen molar-refractivity contribution in [1.29, 1.82) is 0 Å². The number of rotatable bonds is 5. The largest absolute Gasteiger partial charge is 0.507 e. The van der Waals surface area contributed by atoms with Crippen molar-refractivity contribution in [3.8, 4) is 5.75 Å². The molecule has 0 aliphatic heterocycles. The van der Waals surface area contributed by atoms with Gasteiger partial charge in [-0.2, -0.15) is 0 Å². The molecule has 2 aromatic carbocycles. The van der Waals surface area contributed by atoms with Gasteiger partial charge in [-0.05, 0) is 32.3 Å². The van der Waals surface area contributed by atoms with Crippen LogP contribution in [0.2, 0.25) is 0 Å². The van der Waals surface area contributed by atoms with Gasteiger partial charge in [0.1, 0.15) is 5.75 Å². The van der Waals surface area contributed by atoms with Gasteiger partial charge in [0.05, 0.1) is 0 Å². The number of phenolic OH excluding ortho intramolecular Hbond substituents is 1. The van der Waals surface area contributed by atoms with E-state index >= 15 is 0 Å². The van der Waals surface area contributed by atoms with Crippen molar-refractivity contribution < 1.29 is 5.11 Å². The molecule has 2 rings (SSSR count). The maximum atomic E-state index is 10.5. The second-order valence-corrected chi connectivity index (χ2v) is 5.23. The summed E-state index contributed by atoms with van der Waals surface area (Å²) in [6.45, 7) is 5.41. The predicted molar refractivity (Wildman–Crippen MR) is 81.6 cm³/mol. The zero-order valence-electron chi connectivity index (χ0n) is 12.1. The summed E-state index contributed by atoms with van der Waals surface area (Å²) < 4.78 is 0. The highest BCUT2D eigenvalue weighted by atomic mass is 16.3. The molecule has 1 N–H and O–H groups in total. The quantitative estimate of drug-likeness (QED) is 0.861. The molecule has 1 atom stereocenters. The zero-order chi connectivity index (χ0) is 13.8. The predicted octanol–water partition coefficient (Wildman–Crippen LogP) is 4.34. The zero-order valence-corrected chi connectivity index (χ0v) is 12.1. The van der Waals surface area contributed by atoms with Crippen molar-refractivity contribution in [3.63, 3.8) is 0 Å². The molecule has 102 valence electrons. The summed E-state index contributed by atoms with van der Waals surface area (Å²) in [4.78, 5) is 2.30. The molecule has 0 fully saturated rings. The molecule has 0 spiro atoms. The van der Waals surface area contributed by atoms with Crippen LogP contribution in [0.4, 0.5) is 0 Å². The number of benzene rings is 2. The van der Waals surface area contributed by atoms with Crippen molar-refractivity contribution in [2.24, 2.45) is 0 Å². The Morgan fingerprint density at radius 2 is 1.89 bits per heavy atom. The van der Waals surface area contributed by atoms with Crippen LogP contribution in [0, 0.1) is 0 Å². The molecule has 0 amide bonds. The smallest absolute Gasteiger partial charge is 0.128 e. The van der Waals surface area contributed by atoms with Gasteiger partial charge in [-0.1, -0.05) is 49.7 Å². The third-order valence-electron chi connectivity index (χ3n) is 3.91. The standard InChI is InChI=1S/C17H23NO/c1-4-5-12-18(3)13(2)15-11-10-14-8-6-7-9-16(14)17(15)19/h6-11,13,19H,4-5,12H2,1-3H3. The van der Waals surface area contributed by atoms with E-state index in [1.807, 2.05) is 30.3 Å². The van der Waals surface area contributed by atoms with Crippen LogP contribution in [0.25, 0.3) is 10.8 Å². The molecule has 0 bridgehead atoms. The maximum absolute atomic E-state index is 10.5. The van der Waals surface area contributed by atoms with Crippen molar-refractivity contribution in [2.45, 2.75) is 32.7 Å². The maximum Gasteiger partial charge on any atom is 0.128 e. The van der Waals surface area contributed by atoms with Crippen LogP contribution in [0.3, 0.4) is 0 Å². The van der Waals surface area contributed by atoms with E-state index in [1.54, 1.807) is 0 Å². The SMILES string of the molecule is CCCCN(C)C(C)c1ccc2ccccc2c1O. The van der Waals surface area contributed by atoms with E-state index in [0.29, 0.717) is 5.75 Å². The van der Waals surface area contributed by atoms with Gasteiger partial charge in [0.25, 0.3) is 0 Å². The molecular weight excluding hydrogens is 234 g/mol. The third kappa shape index (κ3) is 2.90. The van der Waals surface area contributed by atoms with E-state index in [0.717, 1.165) is 22.9 Å². The van der Waals surface area contributed by atoms with Gasteiger partial charge < -0.3 is 5.11 Å². The van der Waals surface area contributed by atoms with Crippen LogP contribution in [0.15, 0.2) is 36.4 Å². The summed E-state index contributed by atoms with van der Waals surface area (Å²) >= 11 is 0. The van der Waals surface area contributed by atoms with Gasteiger partial charge in [0.15, 0.2) is 0 Å². The average Bonchev–Trinajstić information content (AvgIpc) is 2.44. The fourth-order valence-electron chi connectivity index (χ4n) is 2.45. The topological polar surface area (TPSA) is 23.5 Å². The minimum absolute atomic E-state index is 0.233. The lowest BCUT2D eigenvalue weighted by atomic mass is 10.00. The lowest BCUT2D eigenvalue weighted by Gasteiger charge is -2.26. The molecule has 0 aromatic heterocycles. The fourth-order valence-corrected chi connectivity index (χ4v) is 2.45. The minimum Gasteiger partial charge on any atom is -0.507 e. The van der Waals surface area contributed by atoms with Gasteiger partial charge in [-0.25, -0.2) is 0 Å². The Kier molecular flexibility index (Phi) is 4.43. The van der Waals surface area contributed by atoms with E-state index in [2.05, 4.69) is 31.9 Å². The highest BCUT2D eigenvalue weighted by Gasteiger charge is 2.16. The molecule has 0 radical (unpaired) electrons. The molecule has 0 aliphatic carbocycles. The van der Waals surface area contributed by atoms with Gasteiger partial charge in [-0.3, -0.25) is 4.90 Å². The number of hydrogen-bond donors (Lipinski definition) is 1. The van der Waals surface area contributed by atoms with E-state index in [1.165, 1.54) is 12.8 Å². The number of fused-ring (bicyclic) bond motifs is 1. The third-order valence-corrected chi connectivity index (χ3v) is 3.91. The summed E-state index contributed by atoms with van der Waals surface area (Å²) in [7, 11) is 2.12. The normalized spacial score (nSPS) is 13.1. The second kappa shape index (κ2) is 6.07. The molecule has 0 aliphatic rings. The highest BCUT2D eigenvalue weighted by Crippen LogP contribution is 2.34. The van der Waals surface area contributed by atoms with Crippen LogP contribution < -0.4 is 0 Å². The van der Waals surface area contributed by atoms with E-state index in [-0.39, 0.29) is 6.04 Å². The molecule has 2 nitrogen and oxygen atoms in total. The monoisotopic (exact) mass is 257 g/mol. The Morgan fingerprint density at radius 3 is 2.63 bits per heavy atom. The van der Waals surface area contributed by atoms with Crippen molar-refractivity contribution >= 4 is 10.8 Å². The highest BCUT2D eigenvalue weighted by molar-refractivity contribution is 5.89. The van der Waals surface area contributed by atoms with Crippen molar-refractivity contribution in [2.75, 3.05) is 13.6 Å². The molecule has 0 heterocycles. The lowest BCUT2D eigenvalue weighted by Crippen LogP contribution is -2.23. The molecule has 1 unspecified atom stereocenters. The van der Waals surface area contributed by atoms with Crippen LogP contribution in [0.5, 0.6) is 5.75 Å². The first-order valence-corrected chi connectivity index (χ1v) is 7.06. The van der Waals surface area contributed by atoms with Crippen LogP contribution in [-0.4, -0.2) is 23.6 Å². The molecule has 2 aromatic rings. The lowest BCUT2D eigenvalue weighted by molar-refractivity contribution is 0.253. The summed E-state index contributed by atoms with van der Waals surface area (Å²) in [6.07, 6.45) is 2.38. The first-order valence-electron chi connectivity index (χ1n) is 7.06. The molecular formula is C17H23NO. The Bertz CT molecular complexity index is 550. The van der Waals surface area contributed by atoms with E-state index in [9.17, 15) is 5.11 Å². The fraction of sp³-hybridized carbons (Fsp3) is 0.412. The minimum atomic E-state index is 0.233. The molecule has 0 saturated heterocycles. The first-order chi connectivity index (χ1) is 9.15. The average molecular weight is 257 g/mol. The summed E-state index contributed by atoms with van der Waals surface area (Å²) in [5, 5.41) is 12.5. The number of phenols is 1. The number of aromatic hydroxyl groups is 1. The number of unbranched alkanes of at least 4 members (excludes halogenated alkanes) is 1. The Balaban J connectivity index is 2.32. The summed E-state index contributed by atoms with van der Waals surface area (Å²) in [6, 6.07) is 12.3. The van der Waals surface area contributed by atoms with Crippen LogP contribution >= 0.6 is 0 Å². The van der Waals surface area contributed by atoms with E-state index in [4.69, 9.17) is 0 Å². The number of nitrogens with zero attached hydrogens (tertiary/aromatic N) is 1. The molecule has 19 heavy (non-hydrogen) atoms. The Morgan fingerprint density at radius 1 is 1.16 bits per heavy atom. The van der Waals surface area contributed by atoms with Crippen molar-refractivity contribution in [3.05, 3.63) is 42.0 Å². The second-order valence-electron chi connectivity index (χ2n) is 5.23. The van der Waals surface area contributed by atoms with Crippen LogP contribution in [0.1, 0.15) is 38.3 Å². The van der Waals surface area contributed by atoms with E-state index < -0.39 is 0 Å².